The Bertz CT molecular complexity index is 691. The number of amides is 2. The van der Waals surface area contributed by atoms with E-state index in [4.69, 9.17) is 4.74 Å². The number of rotatable bonds is 6. The Morgan fingerprint density at radius 3 is 2.64 bits per heavy atom. The van der Waals surface area contributed by atoms with Gasteiger partial charge in [-0.15, -0.1) is 0 Å². The minimum absolute atomic E-state index is 0.110. The average molecular weight is 354 g/mol. The molecule has 1 aromatic rings. The highest BCUT2D eigenvalue weighted by molar-refractivity contribution is 5.95. The van der Waals surface area contributed by atoms with Gasteiger partial charge in [0, 0.05) is 17.8 Å². The van der Waals surface area contributed by atoms with Crippen LogP contribution in [0.4, 0.5) is 13.6 Å². The molecule has 8 heteroatoms. The van der Waals surface area contributed by atoms with Gasteiger partial charge in [-0.2, -0.15) is 8.78 Å². The van der Waals surface area contributed by atoms with Crippen LogP contribution in [0.25, 0.3) is 0 Å². The van der Waals surface area contributed by atoms with Crippen molar-refractivity contribution < 1.29 is 27.8 Å². The van der Waals surface area contributed by atoms with Gasteiger partial charge in [-0.05, 0) is 19.4 Å². The molecule has 1 aromatic carbocycles. The van der Waals surface area contributed by atoms with E-state index in [0.29, 0.717) is 18.7 Å². The Morgan fingerprint density at radius 1 is 1.36 bits per heavy atom. The summed E-state index contributed by atoms with van der Waals surface area (Å²) in [4.78, 5) is 26.1. The predicted octanol–water partition coefficient (Wildman–Crippen LogP) is 3.21. The number of para-hydroxylation sites is 1. The summed E-state index contributed by atoms with van der Waals surface area (Å²) < 4.78 is 34.7. The second-order valence-corrected chi connectivity index (χ2v) is 5.44. The van der Waals surface area contributed by atoms with Gasteiger partial charge in [0.15, 0.2) is 0 Å². The number of methoxy groups -OCH3 is 1. The van der Waals surface area contributed by atoms with Gasteiger partial charge < -0.3 is 14.8 Å². The summed E-state index contributed by atoms with van der Waals surface area (Å²) in [7, 11) is 1.22. The zero-order chi connectivity index (χ0) is 18.6. The number of ether oxygens (including phenoxy) is 2. The molecule has 1 aliphatic heterocycles. The zero-order valence-corrected chi connectivity index (χ0v) is 14.2. The molecule has 6 nitrogen and oxygen atoms in total. The van der Waals surface area contributed by atoms with Crippen LogP contribution in [0.1, 0.15) is 31.9 Å². The third-order valence-corrected chi connectivity index (χ3v) is 3.89. The molecule has 0 unspecified atom stereocenters. The monoisotopic (exact) mass is 354 g/mol. The van der Waals surface area contributed by atoms with Crippen molar-refractivity contribution in [1.82, 2.24) is 10.2 Å². The fraction of sp³-hybridized carbons (Fsp3) is 0.412. The SMILES string of the molecule is CCCN1C(=O)N[C@H](c2ccccc2OC(F)F)C(C(=O)OC)=C1C. The molecule has 0 spiro atoms. The number of nitrogens with one attached hydrogen (secondary N) is 1. The Hall–Kier alpha value is -2.64. The Morgan fingerprint density at radius 2 is 2.04 bits per heavy atom. The molecule has 1 aliphatic rings. The summed E-state index contributed by atoms with van der Waals surface area (Å²) in [5.74, 6) is -0.753. The van der Waals surface area contributed by atoms with Gasteiger partial charge >= 0.3 is 18.6 Å². The molecule has 0 aromatic heterocycles. The second kappa shape index (κ2) is 7.96. The number of allylic oxidation sites excluding steroid dienone is 1. The lowest BCUT2D eigenvalue weighted by atomic mass is 9.94. The van der Waals surface area contributed by atoms with Crippen LogP contribution in [-0.4, -0.2) is 37.2 Å². The lowest BCUT2D eigenvalue weighted by Gasteiger charge is -2.35. The van der Waals surface area contributed by atoms with E-state index in [1.165, 1.54) is 30.2 Å². The van der Waals surface area contributed by atoms with Crippen LogP contribution < -0.4 is 10.1 Å². The van der Waals surface area contributed by atoms with E-state index in [-0.39, 0.29) is 16.9 Å². The van der Waals surface area contributed by atoms with E-state index < -0.39 is 24.7 Å². The summed E-state index contributed by atoms with van der Waals surface area (Å²) in [5, 5.41) is 2.68. The van der Waals surface area contributed by atoms with Gasteiger partial charge in [-0.1, -0.05) is 25.1 Å². The van der Waals surface area contributed by atoms with Gasteiger partial charge in [-0.3, -0.25) is 4.90 Å². The lowest BCUT2D eigenvalue weighted by Crippen LogP contribution is -2.48. The smallest absolute Gasteiger partial charge is 0.387 e. The van der Waals surface area contributed by atoms with Crippen molar-refractivity contribution in [2.24, 2.45) is 0 Å². The third kappa shape index (κ3) is 3.89. The molecule has 2 amide bonds. The number of alkyl halides is 2. The predicted molar refractivity (Wildman–Crippen MR) is 86.1 cm³/mol. The molecule has 0 aliphatic carbocycles. The largest absolute Gasteiger partial charge is 0.466 e. The molecule has 0 radical (unpaired) electrons. The summed E-state index contributed by atoms with van der Waals surface area (Å²) in [6, 6.07) is 4.67. The van der Waals surface area contributed by atoms with Crippen molar-refractivity contribution in [2.75, 3.05) is 13.7 Å². The molecule has 2 rings (SSSR count). The topological polar surface area (TPSA) is 67.9 Å². The Balaban J connectivity index is 2.56. The van der Waals surface area contributed by atoms with Crippen LogP contribution in [0, 0.1) is 0 Å². The quantitative estimate of drug-likeness (QED) is 0.797. The minimum Gasteiger partial charge on any atom is -0.466 e. The molecular formula is C17H20F2N2O4. The number of carbonyl (C=O) groups excluding carboxylic acids is 2. The summed E-state index contributed by atoms with van der Waals surface area (Å²) in [6.07, 6.45) is 0.689. The van der Waals surface area contributed by atoms with Crippen molar-refractivity contribution in [3.8, 4) is 5.75 Å². The van der Waals surface area contributed by atoms with Crippen LogP contribution >= 0.6 is 0 Å². The van der Waals surface area contributed by atoms with E-state index in [0.717, 1.165) is 0 Å². The van der Waals surface area contributed by atoms with Crippen LogP contribution in [0.15, 0.2) is 35.5 Å². The molecule has 25 heavy (non-hydrogen) atoms. The molecule has 0 saturated carbocycles. The Labute approximate surface area is 144 Å². The number of halogens is 2. The van der Waals surface area contributed by atoms with E-state index in [2.05, 4.69) is 10.1 Å². The van der Waals surface area contributed by atoms with Gasteiger partial charge in [0.25, 0.3) is 0 Å². The average Bonchev–Trinajstić information content (AvgIpc) is 2.57. The highest BCUT2D eigenvalue weighted by Crippen LogP contribution is 2.36. The Kier molecular flexibility index (Phi) is 5.95. The zero-order valence-electron chi connectivity index (χ0n) is 14.2. The fourth-order valence-electron chi connectivity index (χ4n) is 2.80. The highest BCUT2D eigenvalue weighted by atomic mass is 19.3. The maximum absolute atomic E-state index is 12.7. The molecule has 136 valence electrons. The van der Waals surface area contributed by atoms with Crippen molar-refractivity contribution in [3.63, 3.8) is 0 Å². The molecule has 0 saturated heterocycles. The van der Waals surface area contributed by atoms with Crippen LogP contribution in [0.5, 0.6) is 5.75 Å². The minimum atomic E-state index is -3.02. The maximum Gasteiger partial charge on any atom is 0.387 e. The number of hydrogen-bond donors (Lipinski definition) is 1. The summed E-state index contributed by atoms with van der Waals surface area (Å²) in [6.45, 7) is 0.921. The van der Waals surface area contributed by atoms with Crippen molar-refractivity contribution in [2.45, 2.75) is 32.9 Å². The number of carbonyl (C=O) groups is 2. The van der Waals surface area contributed by atoms with Crippen molar-refractivity contribution >= 4 is 12.0 Å². The van der Waals surface area contributed by atoms with E-state index in [1.54, 1.807) is 13.0 Å². The molecule has 1 N–H and O–H groups in total. The number of benzene rings is 1. The number of urea groups is 1. The van der Waals surface area contributed by atoms with Gasteiger partial charge in [-0.25, -0.2) is 9.59 Å². The molecule has 0 fully saturated rings. The normalized spacial score (nSPS) is 17.6. The standard InChI is InChI=1S/C17H20F2N2O4/c1-4-9-21-10(2)13(15(22)24-3)14(20-17(21)23)11-7-5-6-8-12(11)25-16(18)19/h5-8,14,16H,4,9H2,1-3H3,(H,20,23)/t14-/m1/s1. The molecule has 1 heterocycles. The maximum atomic E-state index is 12.7. The summed E-state index contributed by atoms with van der Waals surface area (Å²) >= 11 is 0. The van der Waals surface area contributed by atoms with Gasteiger partial charge in [0.2, 0.25) is 0 Å². The van der Waals surface area contributed by atoms with Crippen molar-refractivity contribution in [3.05, 3.63) is 41.1 Å². The first-order valence-electron chi connectivity index (χ1n) is 7.81. The van der Waals surface area contributed by atoms with Crippen LogP contribution in [-0.2, 0) is 9.53 Å². The van der Waals surface area contributed by atoms with Crippen LogP contribution in [0.2, 0.25) is 0 Å². The van der Waals surface area contributed by atoms with Gasteiger partial charge in [0.05, 0.1) is 18.7 Å². The number of esters is 1. The molecule has 0 bridgehead atoms. The summed E-state index contributed by atoms with van der Waals surface area (Å²) in [5.41, 5.74) is 0.863. The number of hydrogen-bond acceptors (Lipinski definition) is 4. The van der Waals surface area contributed by atoms with Crippen LogP contribution in [0.3, 0.4) is 0 Å². The van der Waals surface area contributed by atoms with E-state index in [9.17, 15) is 18.4 Å². The molecule has 1 atom stereocenters. The van der Waals surface area contributed by atoms with Gasteiger partial charge in [0.1, 0.15) is 5.75 Å². The second-order valence-electron chi connectivity index (χ2n) is 5.44. The first-order valence-corrected chi connectivity index (χ1v) is 7.81. The van der Waals surface area contributed by atoms with E-state index >= 15 is 0 Å². The first-order chi connectivity index (χ1) is 11.9. The van der Waals surface area contributed by atoms with Crippen molar-refractivity contribution in [1.29, 1.82) is 0 Å². The fourth-order valence-corrected chi connectivity index (χ4v) is 2.80. The number of nitrogens with zero attached hydrogens (tertiary/aromatic N) is 1. The molecular weight excluding hydrogens is 334 g/mol. The highest BCUT2D eigenvalue weighted by Gasteiger charge is 2.37. The van der Waals surface area contributed by atoms with E-state index in [1.807, 2.05) is 6.92 Å². The first kappa shape index (κ1) is 18.7. The third-order valence-electron chi connectivity index (χ3n) is 3.89. The lowest BCUT2D eigenvalue weighted by molar-refractivity contribution is -0.136.